The summed E-state index contributed by atoms with van der Waals surface area (Å²) in [6.07, 6.45) is 0.895. The Morgan fingerprint density at radius 3 is 2.23 bits per heavy atom. The average molecular weight is 375 g/mol. The van der Waals surface area contributed by atoms with Crippen molar-refractivity contribution in [2.75, 3.05) is 26.2 Å². The molecule has 3 N–H and O–H groups in total. The van der Waals surface area contributed by atoms with E-state index in [1.807, 2.05) is 25.1 Å². The van der Waals surface area contributed by atoms with E-state index in [2.05, 4.69) is 32.5 Å². The van der Waals surface area contributed by atoms with E-state index >= 15 is 0 Å². The van der Waals surface area contributed by atoms with Gasteiger partial charge in [0.05, 0.1) is 11.4 Å². The Morgan fingerprint density at radius 2 is 1.58 bits per heavy atom. The lowest BCUT2D eigenvalue weighted by atomic mass is 10.1. The molecule has 140 valence electrons. The van der Waals surface area contributed by atoms with Crippen molar-refractivity contribution in [1.29, 1.82) is 0 Å². The largest absolute Gasteiger partial charge is 0.357 e. The summed E-state index contributed by atoms with van der Waals surface area (Å²) in [6, 6.07) is 18.5. The van der Waals surface area contributed by atoms with Gasteiger partial charge in [0.1, 0.15) is 0 Å². The molecule has 0 aliphatic heterocycles. The fraction of sp³-hybridized carbons (Fsp3) is 0.316. The number of aliphatic imine (C=N–C) groups is 1. The Labute approximate surface area is 155 Å². The van der Waals surface area contributed by atoms with Crippen LogP contribution in [0.2, 0.25) is 0 Å². The number of rotatable bonds is 9. The molecule has 0 fully saturated rings. The predicted molar refractivity (Wildman–Crippen MR) is 106 cm³/mol. The highest BCUT2D eigenvalue weighted by atomic mass is 32.2. The number of nitrogens with one attached hydrogen (secondary N) is 3. The molecule has 0 atom stereocenters. The molecule has 0 amide bonds. The third-order valence-corrected chi connectivity index (χ3v) is 5.10. The lowest BCUT2D eigenvalue weighted by Gasteiger charge is -2.11. The van der Waals surface area contributed by atoms with Gasteiger partial charge in [0.25, 0.3) is 0 Å². The van der Waals surface area contributed by atoms with E-state index in [1.54, 1.807) is 30.3 Å². The summed E-state index contributed by atoms with van der Waals surface area (Å²) < 4.78 is 26.8. The zero-order chi connectivity index (χ0) is 18.7. The number of guanidine groups is 1. The van der Waals surface area contributed by atoms with Crippen LogP contribution in [0.3, 0.4) is 0 Å². The Morgan fingerprint density at radius 1 is 0.923 bits per heavy atom. The molecule has 0 unspecified atom stereocenters. The van der Waals surface area contributed by atoms with Crippen LogP contribution in [0.15, 0.2) is 70.6 Å². The van der Waals surface area contributed by atoms with Crippen molar-refractivity contribution in [2.45, 2.75) is 18.2 Å². The van der Waals surface area contributed by atoms with Crippen molar-refractivity contribution in [3.63, 3.8) is 0 Å². The van der Waals surface area contributed by atoms with Gasteiger partial charge >= 0.3 is 0 Å². The van der Waals surface area contributed by atoms with E-state index in [-0.39, 0.29) is 11.4 Å². The minimum Gasteiger partial charge on any atom is -0.357 e. The van der Waals surface area contributed by atoms with E-state index in [4.69, 9.17) is 0 Å². The van der Waals surface area contributed by atoms with Gasteiger partial charge in [0, 0.05) is 19.6 Å². The maximum absolute atomic E-state index is 12.1. The van der Waals surface area contributed by atoms with Crippen molar-refractivity contribution < 1.29 is 8.42 Å². The number of hydrogen-bond acceptors (Lipinski definition) is 3. The highest BCUT2D eigenvalue weighted by Crippen LogP contribution is 2.06. The smallest absolute Gasteiger partial charge is 0.240 e. The molecule has 7 heteroatoms. The lowest BCUT2D eigenvalue weighted by molar-refractivity contribution is 0.582. The van der Waals surface area contributed by atoms with Gasteiger partial charge in [-0.1, -0.05) is 48.5 Å². The van der Waals surface area contributed by atoms with Gasteiger partial charge in [0.2, 0.25) is 10.0 Å². The van der Waals surface area contributed by atoms with Crippen molar-refractivity contribution in [1.82, 2.24) is 15.4 Å². The van der Waals surface area contributed by atoms with E-state index < -0.39 is 10.0 Å². The molecule has 2 aromatic rings. The van der Waals surface area contributed by atoms with Gasteiger partial charge in [-0.05, 0) is 31.0 Å². The predicted octanol–water partition coefficient (Wildman–Crippen LogP) is 1.76. The van der Waals surface area contributed by atoms with Gasteiger partial charge in [-0.15, -0.1) is 0 Å². The van der Waals surface area contributed by atoms with Crippen LogP contribution in [0, 0.1) is 0 Å². The van der Waals surface area contributed by atoms with Crippen molar-refractivity contribution >= 4 is 16.0 Å². The maximum Gasteiger partial charge on any atom is 0.240 e. The molecule has 0 heterocycles. The average Bonchev–Trinajstić information content (AvgIpc) is 2.67. The number of hydrogen-bond donors (Lipinski definition) is 3. The molecule has 0 spiro atoms. The Balaban J connectivity index is 1.79. The van der Waals surface area contributed by atoms with Crippen molar-refractivity contribution in [3.8, 4) is 0 Å². The van der Waals surface area contributed by atoms with Crippen LogP contribution >= 0.6 is 0 Å². The molecular formula is C19H26N4O2S. The first-order chi connectivity index (χ1) is 12.6. The molecule has 0 saturated heterocycles. The summed E-state index contributed by atoms with van der Waals surface area (Å²) in [7, 11) is -3.48. The SMILES string of the molecule is CCNC(=NCCNS(=O)(=O)c1ccccc1)NCCc1ccccc1. The monoisotopic (exact) mass is 374 g/mol. The first kappa shape index (κ1) is 19.9. The number of benzene rings is 2. The molecule has 0 aliphatic carbocycles. The third-order valence-electron chi connectivity index (χ3n) is 3.62. The van der Waals surface area contributed by atoms with Gasteiger partial charge < -0.3 is 10.6 Å². The maximum atomic E-state index is 12.1. The summed E-state index contributed by atoms with van der Waals surface area (Å²) in [6.45, 7) is 4.09. The molecule has 0 radical (unpaired) electrons. The topological polar surface area (TPSA) is 82.6 Å². The number of nitrogens with zero attached hydrogens (tertiary/aromatic N) is 1. The zero-order valence-electron chi connectivity index (χ0n) is 15.0. The molecule has 2 rings (SSSR count). The quantitative estimate of drug-likeness (QED) is 0.355. The molecule has 26 heavy (non-hydrogen) atoms. The number of sulfonamides is 1. The van der Waals surface area contributed by atoms with Crippen LogP contribution in [0.5, 0.6) is 0 Å². The second-order valence-electron chi connectivity index (χ2n) is 5.63. The molecule has 0 aromatic heterocycles. The van der Waals surface area contributed by atoms with E-state index in [1.165, 1.54) is 5.56 Å². The Kier molecular flexibility index (Phi) is 8.11. The highest BCUT2D eigenvalue weighted by Gasteiger charge is 2.11. The highest BCUT2D eigenvalue weighted by molar-refractivity contribution is 7.89. The molecule has 0 aliphatic rings. The first-order valence-electron chi connectivity index (χ1n) is 8.72. The van der Waals surface area contributed by atoms with E-state index in [0.717, 1.165) is 19.5 Å². The second kappa shape index (κ2) is 10.6. The van der Waals surface area contributed by atoms with Crippen LogP contribution in [0.25, 0.3) is 0 Å². The zero-order valence-corrected chi connectivity index (χ0v) is 15.8. The summed E-state index contributed by atoms with van der Waals surface area (Å²) in [5.41, 5.74) is 1.26. The molecular weight excluding hydrogens is 348 g/mol. The molecule has 0 bridgehead atoms. The van der Waals surface area contributed by atoms with Crippen LogP contribution < -0.4 is 15.4 Å². The molecule has 6 nitrogen and oxygen atoms in total. The van der Waals surface area contributed by atoms with Crippen LogP contribution in [0.1, 0.15) is 12.5 Å². The summed E-state index contributed by atoms with van der Waals surface area (Å²) in [4.78, 5) is 4.67. The standard InChI is InChI=1S/C19H26N4O2S/c1-2-20-19(21-14-13-17-9-5-3-6-10-17)22-15-16-23-26(24,25)18-11-7-4-8-12-18/h3-12,23H,2,13-16H2,1H3,(H2,20,21,22). The fourth-order valence-electron chi connectivity index (χ4n) is 2.34. The van der Waals surface area contributed by atoms with Crippen LogP contribution in [-0.4, -0.2) is 40.6 Å². The Bertz CT molecular complexity index is 778. The fourth-order valence-corrected chi connectivity index (χ4v) is 3.38. The van der Waals surface area contributed by atoms with Gasteiger partial charge in [0.15, 0.2) is 5.96 Å². The minimum atomic E-state index is -3.48. The molecule has 2 aromatic carbocycles. The third kappa shape index (κ3) is 6.85. The first-order valence-corrected chi connectivity index (χ1v) is 10.2. The summed E-state index contributed by atoms with van der Waals surface area (Å²) in [5, 5.41) is 6.42. The van der Waals surface area contributed by atoms with Crippen molar-refractivity contribution in [2.24, 2.45) is 4.99 Å². The van der Waals surface area contributed by atoms with Crippen molar-refractivity contribution in [3.05, 3.63) is 66.2 Å². The van der Waals surface area contributed by atoms with Crippen LogP contribution in [-0.2, 0) is 16.4 Å². The van der Waals surface area contributed by atoms with E-state index in [0.29, 0.717) is 12.5 Å². The van der Waals surface area contributed by atoms with Gasteiger partial charge in [-0.2, -0.15) is 0 Å². The van der Waals surface area contributed by atoms with Gasteiger partial charge in [-0.3, -0.25) is 4.99 Å². The summed E-state index contributed by atoms with van der Waals surface area (Å²) >= 11 is 0. The lowest BCUT2D eigenvalue weighted by Crippen LogP contribution is -2.39. The second-order valence-corrected chi connectivity index (χ2v) is 7.40. The minimum absolute atomic E-state index is 0.243. The Hall–Kier alpha value is -2.38. The summed E-state index contributed by atoms with van der Waals surface area (Å²) in [5.74, 6) is 0.683. The van der Waals surface area contributed by atoms with Gasteiger partial charge in [-0.25, -0.2) is 13.1 Å². The molecule has 0 saturated carbocycles. The van der Waals surface area contributed by atoms with E-state index in [9.17, 15) is 8.42 Å². The normalized spacial score (nSPS) is 12.0. The van der Waals surface area contributed by atoms with Crippen LogP contribution in [0.4, 0.5) is 0 Å².